The summed E-state index contributed by atoms with van der Waals surface area (Å²) in [7, 11) is 1.73. The zero-order valence-electron chi connectivity index (χ0n) is 19.2. The number of nitrogens with zero attached hydrogens (tertiary/aromatic N) is 2. The zero-order valence-corrected chi connectivity index (χ0v) is 19.2. The highest BCUT2D eigenvalue weighted by Gasteiger charge is 2.35. The summed E-state index contributed by atoms with van der Waals surface area (Å²) in [5.41, 5.74) is 2.21. The van der Waals surface area contributed by atoms with Crippen LogP contribution in [-0.2, 0) is 4.79 Å². The van der Waals surface area contributed by atoms with Crippen molar-refractivity contribution in [1.82, 2.24) is 20.2 Å². The van der Waals surface area contributed by atoms with Crippen molar-refractivity contribution < 1.29 is 27.5 Å². The summed E-state index contributed by atoms with van der Waals surface area (Å²) in [4.78, 5) is 33.2. The lowest BCUT2D eigenvalue weighted by Crippen LogP contribution is -2.37. The molecule has 0 aliphatic carbocycles. The Balaban J connectivity index is 1.58. The molecule has 2 aromatic carbocycles. The van der Waals surface area contributed by atoms with Crippen LogP contribution in [0.2, 0.25) is 0 Å². The fourth-order valence-corrected chi connectivity index (χ4v) is 4.37. The number of alkyl halides is 3. The number of likely N-dealkylation sites (tertiary alicyclic amines) is 1. The Labute approximate surface area is 200 Å². The Morgan fingerprint density at radius 1 is 1.23 bits per heavy atom. The van der Waals surface area contributed by atoms with Gasteiger partial charge in [0.2, 0.25) is 5.91 Å². The minimum Gasteiger partial charge on any atom is -0.405 e. The van der Waals surface area contributed by atoms with E-state index in [-0.39, 0.29) is 29.6 Å². The van der Waals surface area contributed by atoms with Gasteiger partial charge in [-0.25, -0.2) is 4.98 Å². The van der Waals surface area contributed by atoms with Gasteiger partial charge in [0.25, 0.3) is 0 Å². The molecule has 35 heavy (non-hydrogen) atoms. The highest BCUT2D eigenvalue weighted by Crippen LogP contribution is 2.37. The molecule has 3 aromatic rings. The number of rotatable bonds is 7. The summed E-state index contributed by atoms with van der Waals surface area (Å²) < 4.78 is 42.8. The number of carbonyl (C=O) groups is 2. The van der Waals surface area contributed by atoms with Crippen LogP contribution in [0.25, 0.3) is 22.4 Å². The lowest BCUT2D eigenvalue weighted by molar-refractivity contribution is -0.274. The summed E-state index contributed by atoms with van der Waals surface area (Å²) >= 11 is 0. The molecule has 7 nitrogen and oxygen atoms in total. The molecule has 2 N–H and O–H groups in total. The standard InChI is InChI=1S/C25H25F3N4O3/c1-15-9-21(32(13-15)23(34)12-29-2)24-30-11-20(31-24)18-6-4-17(5-7-18)19-8-3-16(14-33)10-22(19)35-25(26,27)28/h3-8,10-11,14-15,21,29H,9,12-13H2,1-2H3,(H,30,31). The average Bonchev–Trinajstić information content (AvgIpc) is 3.45. The van der Waals surface area contributed by atoms with Crippen LogP contribution in [0.3, 0.4) is 0 Å². The minimum absolute atomic E-state index is 0.0154. The van der Waals surface area contributed by atoms with Gasteiger partial charge in [0.05, 0.1) is 18.3 Å². The predicted molar refractivity (Wildman–Crippen MR) is 124 cm³/mol. The molecule has 184 valence electrons. The highest BCUT2D eigenvalue weighted by atomic mass is 19.4. The third-order valence-electron chi connectivity index (χ3n) is 5.93. The number of H-pyrrole nitrogens is 1. The molecular weight excluding hydrogens is 461 g/mol. The molecule has 1 aliphatic rings. The van der Waals surface area contributed by atoms with E-state index in [2.05, 4.69) is 22.0 Å². The first-order valence-electron chi connectivity index (χ1n) is 11.1. The summed E-state index contributed by atoms with van der Waals surface area (Å²) in [6.45, 7) is 3.02. The number of halogens is 3. The molecule has 1 amide bonds. The van der Waals surface area contributed by atoms with Crippen molar-refractivity contribution in [1.29, 1.82) is 0 Å². The van der Waals surface area contributed by atoms with Gasteiger partial charge in [-0.1, -0.05) is 37.3 Å². The smallest absolute Gasteiger partial charge is 0.405 e. The van der Waals surface area contributed by atoms with E-state index in [1.807, 2.05) is 4.90 Å². The summed E-state index contributed by atoms with van der Waals surface area (Å²) in [6, 6.07) is 10.6. The maximum Gasteiger partial charge on any atom is 0.573 e. The van der Waals surface area contributed by atoms with Gasteiger partial charge in [0.15, 0.2) is 0 Å². The van der Waals surface area contributed by atoms with Crippen LogP contribution in [0.15, 0.2) is 48.7 Å². The van der Waals surface area contributed by atoms with Crippen LogP contribution in [0.5, 0.6) is 5.75 Å². The largest absolute Gasteiger partial charge is 0.573 e. The van der Waals surface area contributed by atoms with Crippen molar-refractivity contribution in [2.24, 2.45) is 5.92 Å². The monoisotopic (exact) mass is 486 g/mol. The number of hydrogen-bond acceptors (Lipinski definition) is 5. The second-order valence-corrected chi connectivity index (χ2v) is 8.60. The third kappa shape index (κ3) is 5.54. The van der Waals surface area contributed by atoms with Gasteiger partial charge in [-0.2, -0.15) is 0 Å². The molecule has 0 bridgehead atoms. The van der Waals surface area contributed by atoms with E-state index in [0.29, 0.717) is 35.8 Å². The molecule has 2 atom stereocenters. The van der Waals surface area contributed by atoms with Gasteiger partial charge in [0, 0.05) is 29.4 Å². The van der Waals surface area contributed by atoms with Crippen molar-refractivity contribution in [2.75, 3.05) is 20.1 Å². The first-order valence-corrected chi connectivity index (χ1v) is 11.1. The molecule has 1 saturated heterocycles. The van der Waals surface area contributed by atoms with Gasteiger partial charge in [0.1, 0.15) is 17.9 Å². The van der Waals surface area contributed by atoms with Crippen LogP contribution in [0.1, 0.15) is 35.6 Å². The number of nitrogens with one attached hydrogen (secondary N) is 2. The number of likely N-dealkylation sites (N-methyl/N-ethyl adjacent to an activating group) is 1. The SMILES string of the molecule is CNCC(=O)N1CC(C)CC1c1nc(-c2ccc(-c3ccc(C=O)cc3OC(F)(F)F)cc2)c[nH]1. The van der Waals surface area contributed by atoms with Crippen molar-refractivity contribution in [3.63, 3.8) is 0 Å². The fourth-order valence-electron chi connectivity index (χ4n) is 4.37. The second-order valence-electron chi connectivity index (χ2n) is 8.60. The maximum absolute atomic E-state index is 12.9. The molecule has 1 fully saturated rings. The fraction of sp³-hybridized carbons (Fsp3) is 0.320. The molecule has 4 rings (SSSR count). The van der Waals surface area contributed by atoms with E-state index in [1.54, 1.807) is 37.5 Å². The van der Waals surface area contributed by atoms with Crippen molar-refractivity contribution in [2.45, 2.75) is 25.7 Å². The number of carbonyl (C=O) groups excluding carboxylic acids is 2. The Hall–Kier alpha value is -3.66. The molecule has 10 heteroatoms. The van der Waals surface area contributed by atoms with E-state index < -0.39 is 12.1 Å². The molecule has 2 unspecified atom stereocenters. The lowest BCUT2D eigenvalue weighted by atomic mass is 10.0. The van der Waals surface area contributed by atoms with Crippen molar-refractivity contribution in [3.8, 4) is 28.1 Å². The molecular formula is C25H25F3N4O3. The Bertz CT molecular complexity index is 1210. The zero-order chi connectivity index (χ0) is 25.2. The first kappa shape index (κ1) is 24.5. The summed E-state index contributed by atoms with van der Waals surface area (Å²) in [5.74, 6) is 0.621. The van der Waals surface area contributed by atoms with E-state index in [0.717, 1.165) is 18.1 Å². The number of aromatic nitrogens is 2. The van der Waals surface area contributed by atoms with Gasteiger partial charge >= 0.3 is 6.36 Å². The average molecular weight is 486 g/mol. The molecule has 1 aliphatic heterocycles. The van der Waals surface area contributed by atoms with Crippen LogP contribution in [0.4, 0.5) is 13.2 Å². The van der Waals surface area contributed by atoms with Gasteiger partial charge < -0.3 is 19.9 Å². The number of hydrogen-bond donors (Lipinski definition) is 2. The topological polar surface area (TPSA) is 87.3 Å². The number of ether oxygens (including phenoxy) is 1. The first-order chi connectivity index (χ1) is 16.7. The van der Waals surface area contributed by atoms with Crippen LogP contribution in [0, 0.1) is 5.92 Å². The van der Waals surface area contributed by atoms with E-state index >= 15 is 0 Å². The second kappa shape index (κ2) is 9.91. The quantitative estimate of drug-likeness (QED) is 0.478. The minimum atomic E-state index is -4.89. The maximum atomic E-state index is 12.9. The van der Waals surface area contributed by atoms with Gasteiger partial charge in [-0.05, 0) is 37.1 Å². The lowest BCUT2D eigenvalue weighted by Gasteiger charge is -2.23. The Morgan fingerprint density at radius 2 is 1.94 bits per heavy atom. The molecule has 0 spiro atoms. The van der Waals surface area contributed by atoms with E-state index in [9.17, 15) is 22.8 Å². The Kier molecular flexibility index (Phi) is 6.93. The van der Waals surface area contributed by atoms with Gasteiger partial charge in [-0.15, -0.1) is 13.2 Å². The predicted octanol–water partition coefficient (Wildman–Crippen LogP) is 4.58. The molecule has 0 radical (unpaired) electrons. The number of imidazole rings is 1. The number of amides is 1. The van der Waals surface area contributed by atoms with Crippen LogP contribution >= 0.6 is 0 Å². The Morgan fingerprint density at radius 3 is 2.60 bits per heavy atom. The van der Waals surface area contributed by atoms with Gasteiger partial charge in [-0.3, -0.25) is 9.59 Å². The van der Waals surface area contributed by atoms with Crippen LogP contribution < -0.4 is 10.1 Å². The van der Waals surface area contributed by atoms with Crippen LogP contribution in [-0.4, -0.2) is 53.6 Å². The normalized spacial score (nSPS) is 18.0. The van der Waals surface area contributed by atoms with Crippen molar-refractivity contribution in [3.05, 3.63) is 60.0 Å². The third-order valence-corrected chi connectivity index (χ3v) is 5.93. The highest BCUT2D eigenvalue weighted by molar-refractivity contribution is 5.81. The number of aldehydes is 1. The summed E-state index contributed by atoms with van der Waals surface area (Å²) in [5, 5.41) is 2.89. The molecule has 1 aromatic heterocycles. The molecule has 0 saturated carbocycles. The number of benzene rings is 2. The summed E-state index contributed by atoms with van der Waals surface area (Å²) in [6.07, 6.45) is -1.86. The van der Waals surface area contributed by atoms with Crippen molar-refractivity contribution >= 4 is 12.2 Å². The molecule has 2 heterocycles. The number of aromatic amines is 1. The van der Waals surface area contributed by atoms with E-state index in [4.69, 9.17) is 4.98 Å². The van der Waals surface area contributed by atoms with E-state index in [1.165, 1.54) is 12.1 Å².